The molecule has 3 heteroatoms. The maximum Gasteiger partial charge on any atom is 0.333 e. The van der Waals surface area contributed by atoms with Gasteiger partial charge in [0.05, 0.1) is 6.61 Å². The van der Waals surface area contributed by atoms with Gasteiger partial charge in [-0.25, -0.2) is 4.79 Å². The molecule has 0 aliphatic carbocycles. The van der Waals surface area contributed by atoms with Crippen LogP contribution in [0.3, 0.4) is 0 Å². The summed E-state index contributed by atoms with van der Waals surface area (Å²) in [6.45, 7) is 13.6. The van der Waals surface area contributed by atoms with Crippen molar-refractivity contribution in [3.8, 4) is 0 Å². The molecule has 0 saturated carbocycles. The number of hydrogen-bond donors (Lipinski definition) is 0. The number of ether oxygens (including phenoxy) is 1. The Labute approximate surface area is 106 Å². The highest BCUT2D eigenvalue weighted by Gasteiger charge is 2.02. The van der Waals surface area contributed by atoms with Gasteiger partial charge in [-0.15, -0.1) is 0 Å². The largest absolute Gasteiger partial charge is 0.462 e. The maximum absolute atomic E-state index is 11.1. The molecule has 0 bridgehead atoms. The average Bonchev–Trinajstić information content (AvgIpc) is 2.32. The number of nitrogens with zero attached hydrogens (tertiary/aromatic N) is 1. The van der Waals surface area contributed by atoms with Crippen molar-refractivity contribution in [2.24, 2.45) is 0 Å². The molecule has 0 spiro atoms. The summed E-state index contributed by atoms with van der Waals surface area (Å²) in [7, 11) is 0. The van der Waals surface area contributed by atoms with Crippen LogP contribution >= 0.6 is 0 Å². The first-order chi connectivity index (χ1) is 8.11. The lowest BCUT2D eigenvalue weighted by atomic mass is 10.2. The summed E-state index contributed by atoms with van der Waals surface area (Å²) in [6, 6.07) is 0. The minimum absolute atomic E-state index is 0.270. The summed E-state index contributed by atoms with van der Waals surface area (Å²) in [5.74, 6) is -0.270. The predicted octanol–water partition coefficient (Wildman–Crippen LogP) is 3.01. The van der Waals surface area contributed by atoms with E-state index < -0.39 is 0 Å². The van der Waals surface area contributed by atoms with Crippen LogP contribution in [-0.2, 0) is 9.53 Å². The Kier molecular flexibility index (Phi) is 9.83. The normalized spacial score (nSPS) is 10.6. The van der Waals surface area contributed by atoms with Crippen LogP contribution in [0.25, 0.3) is 0 Å². The van der Waals surface area contributed by atoms with Crippen LogP contribution in [0.1, 0.15) is 46.5 Å². The molecular weight excluding hydrogens is 214 g/mol. The molecule has 0 radical (unpaired) electrons. The SMILES string of the molecule is C=C(C)C(=O)OCCCCCCN(CC)CC. The van der Waals surface area contributed by atoms with Crippen LogP contribution in [0.2, 0.25) is 0 Å². The van der Waals surface area contributed by atoms with E-state index in [2.05, 4.69) is 25.3 Å². The van der Waals surface area contributed by atoms with Gasteiger partial charge in [-0.1, -0.05) is 33.3 Å². The third-order valence-corrected chi connectivity index (χ3v) is 2.84. The lowest BCUT2D eigenvalue weighted by Crippen LogP contribution is -2.23. The van der Waals surface area contributed by atoms with Gasteiger partial charge >= 0.3 is 5.97 Å². The third-order valence-electron chi connectivity index (χ3n) is 2.84. The molecule has 0 rings (SSSR count). The molecule has 0 aliphatic rings. The zero-order valence-electron chi connectivity index (χ0n) is 11.6. The summed E-state index contributed by atoms with van der Waals surface area (Å²) >= 11 is 0. The summed E-state index contributed by atoms with van der Waals surface area (Å²) in [4.78, 5) is 13.5. The van der Waals surface area contributed by atoms with Crippen molar-refractivity contribution in [3.63, 3.8) is 0 Å². The highest BCUT2D eigenvalue weighted by molar-refractivity contribution is 5.86. The molecule has 0 N–H and O–H groups in total. The van der Waals surface area contributed by atoms with Crippen LogP contribution in [0.4, 0.5) is 0 Å². The minimum atomic E-state index is -0.270. The molecule has 0 aromatic heterocycles. The van der Waals surface area contributed by atoms with E-state index in [-0.39, 0.29) is 5.97 Å². The van der Waals surface area contributed by atoms with E-state index in [1.54, 1.807) is 6.92 Å². The summed E-state index contributed by atoms with van der Waals surface area (Å²) in [6.07, 6.45) is 4.53. The van der Waals surface area contributed by atoms with E-state index in [9.17, 15) is 4.79 Å². The van der Waals surface area contributed by atoms with Crippen molar-refractivity contribution < 1.29 is 9.53 Å². The topological polar surface area (TPSA) is 29.5 Å². The second-order valence-corrected chi connectivity index (χ2v) is 4.36. The zero-order chi connectivity index (χ0) is 13.1. The Morgan fingerprint density at radius 1 is 1.12 bits per heavy atom. The van der Waals surface area contributed by atoms with Crippen molar-refractivity contribution in [2.75, 3.05) is 26.2 Å². The van der Waals surface area contributed by atoms with Gasteiger partial charge in [0.1, 0.15) is 0 Å². The Bertz CT molecular complexity index is 222. The molecule has 0 aromatic carbocycles. The Balaban J connectivity index is 3.29. The van der Waals surface area contributed by atoms with Gasteiger partial charge in [0, 0.05) is 5.57 Å². The standard InChI is InChI=1S/C14H27NO2/c1-5-15(6-2)11-9-7-8-10-12-17-14(16)13(3)4/h3,5-12H2,1-2,4H3. The lowest BCUT2D eigenvalue weighted by molar-refractivity contribution is -0.139. The van der Waals surface area contributed by atoms with Gasteiger partial charge in [-0.3, -0.25) is 0 Å². The number of carbonyl (C=O) groups excluding carboxylic acids is 1. The van der Waals surface area contributed by atoms with Crippen LogP contribution < -0.4 is 0 Å². The first kappa shape index (κ1) is 16.2. The second kappa shape index (κ2) is 10.3. The van der Waals surface area contributed by atoms with Gasteiger partial charge in [-0.05, 0) is 39.4 Å². The van der Waals surface area contributed by atoms with Crippen molar-refractivity contribution in [3.05, 3.63) is 12.2 Å². The van der Waals surface area contributed by atoms with Crippen molar-refractivity contribution >= 4 is 5.97 Å². The van der Waals surface area contributed by atoms with Crippen molar-refractivity contribution in [1.82, 2.24) is 4.90 Å². The molecule has 0 aliphatic heterocycles. The highest BCUT2D eigenvalue weighted by atomic mass is 16.5. The van der Waals surface area contributed by atoms with Crippen molar-refractivity contribution in [1.29, 1.82) is 0 Å². The van der Waals surface area contributed by atoms with Gasteiger partial charge in [0.15, 0.2) is 0 Å². The molecule has 0 saturated heterocycles. The lowest BCUT2D eigenvalue weighted by Gasteiger charge is -2.17. The third kappa shape index (κ3) is 8.93. The molecule has 0 heterocycles. The fourth-order valence-electron chi connectivity index (χ4n) is 1.62. The van der Waals surface area contributed by atoms with Gasteiger partial charge in [-0.2, -0.15) is 0 Å². The Morgan fingerprint density at radius 2 is 1.71 bits per heavy atom. The molecule has 0 atom stereocenters. The van der Waals surface area contributed by atoms with Crippen LogP contribution in [0, 0.1) is 0 Å². The number of rotatable bonds is 10. The molecule has 3 nitrogen and oxygen atoms in total. The molecule has 0 unspecified atom stereocenters. The summed E-state index contributed by atoms with van der Waals surface area (Å²) < 4.78 is 5.02. The second-order valence-electron chi connectivity index (χ2n) is 4.36. The number of esters is 1. The monoisotopic (exact) mass is 241 g/mol. The van der Waals surface area contributed by atoms with E-state index in [4.69, 9.17) is 4.74 Å². The molecule has 17 heavy (non-hydrogen) atoms. The summed E-state index contributed by atoms with van der Waals surface area (Å²) in [5.41, 5.74) is 0.478. The quantitative estimate of drug-likeness (QED) is 0.334. The van der Waals surface area contributed by atoms with Crippen LogP contribution in [-0.4, -0.2) is 37.1 Å². The van der Waals surface area contributed by atoms with E-state index in [1.807, 2.05) is 0 Å². The van der Waals surface area contributed by atoms with Crippen molar-refractivity contribution in [2.45, 2.75) is 46.5 Å². The number of hydrogen-bond acceptors (Lipinski definition) is 3. The first-order valence-electron chi connectivity index (χ1n) is 6.66. The number of unbranched alkanes of at least 4 members (excludes halogenated alkanes) is 3. The minimum Gasteiger partial charge on any atom is -0.462 e. The molecule has 0 amide bonds. The van der Waals surface area contributed by atoms with E-state index in [0.717, 1.165) is 25.9 Å². The zero-order valence-corrected chi connectivity index (χ0v) is 11.6. The van der Waals surface area contributed by atoms with Gasteiger partial charge < -0.3 is 9.64 Å². The molecular formula is C14H27NO2. The highest BCUT2D eigenvalue weighted by Crippen LogP contribution is 2.03. The average molecular weight is 241 g/mol. The van der Waals surface area contributed by atoms with E-state index in [1.165, 1.54) is 19.4 Å². The Hall–Kier alpha value is -0.830. The van der Waals surface area contributed by atoms with Crippen LogP contribution in [0.5, 0.6) is 0 Å². The predicted molar refractivity (Wildman–Crippen MR) is 72.0 cm³/mol. The maximum atomic E-state index is 11.1. The van der Waals surface area contributed by atoms with Gasteiger partial charge in [0.25, 0.3) is 0 Å². The first-order valence-corrected chi connectivity index (χ1v) is 6.66. The fraction of sp³-hybridized carbons (Fsp3) is 0.786. The van der Waals surface area contributed by atoms with E-state index in [0.29, 0.717) is 12.2 Å². The molecule has 0 fully saturated rings. The van der Waals surface area contributed by atoms with E-state index >= 15 is 0 Å². The molecule has 100 valence electrons. The summed E-state index contributed by atoms with van der Waals surface area (Å²) in [5, 5.41) is 0. The smallest absolute Gasteiger partial charge is 0.333 e. The Morgan fingerprint density at radius 3 is 2.24 bits per heavy atom. The molecule has 0 aromatic rings. The van der Waals surface area contributed by atoms with Crippen LogP contribution in [0.15, 0.2) is 12.2 Å². The number of carbonyl (C=O) groups is 1. The fourth-order valence-corrected chi connectivity index (χ4v) is 1.62. The van der Waals surface area contributed by atoms with Gasteiger partial charge in [0.2, 0.25) is 0 Å².